The minimum atomic E-state index is -1.01. The van der Waals surface area contributed by atoms with E-state index in [9.17, 15) is 9.59 Å². The quantitative estimate of drug-likeness (QED) is 0.935. The molecule has 1 aromatic carbocycles. The number of rotatable bonds is 3. The first-order chi connectivity index (χ1) is 10.1. The van der Waals surface area contributed by atoms with Crippen molar-refractivity contribution in [3.63, 3.8) is 0 Å². The van der Waals surface area contributed by atoms with Crippen LogP contribution in [0.1, 0.15) is 17.4 Å². The van der Waals surface area contributed by atoms with Crippen molar-refractivity contribution in [2.24, 2.45) is 0 Å². The van der Waals surface area contributed by atoms with Gasteiger partial charge in [0.25, 0.3) is 5.91 Å². The van der Waals surface area contributed by atoms with Crippen LogP contribution in [0.15, 0.2) is 42.0 Å². The molecule has 1 N–H and O–H groups in total. The second-order valence-electron chi connectivity index (χ2n) is 5.17. The number of nitrogens with zero attached hydrogens (tertiary/aromatic N) is 2. The fraction of sp³-hybridized carbons (Fsp3) is 0.267. The van der Waals surface area contributed by atoms with Gasteiger partial charge < -0.3 is 10.2 Å². The second kappa shape index (κ2) is 5.29. The predicted molar refractivity (Wildman–Crippen MR) is 79.5 cm³/mol. The van der Waals surface area contributed by atoms with Gasteiger partial charge in [0.2, 0.25) is 5.91 Å². The molecule has 1 unspecified atom stereocenters. The number of hydrogen-bond acceptors (Lipinski definition) is 4. The van der Waals surface area contributed by atoms with Crippen LogP contribution < -0.4 is 5.32 Å². The molecule has 2 heterocycles. The highest BCUT2D eigenvalue weighted by Crippen LogP contribution is 2.27. The summed E-state index contributed by atoms with van der Waals surface area (Å²) in [7, 11) is 0. The molecule has 1 aliphatic rings. The molecular formula is C15H15N3O2S. The molecule has 1 aromatic heterocycles. The number of hydrogen-bond donors (Lipinski definition) is 1. The summed E-state index contributed by atoms with van der Waals surface area (Å²) in [4.78, 5) is 31.4. The van der Waals surface area contributed by atoms with Gasteiger partial charge in [0.05, 0.1) is 12.1 Å². The van der Waals surface area contributed by atoms with Crippen LogP contribution in [0.4, 0.5) is 0 Å². The molecule has 5 nitrogen and oxygen atoms in total. The first-order valence-corrected chi connectivity index (χ1v) is 7.51. The maximum absolute atomic E-state index is 12.8. The normalized spacial score (nSPS) is 22.2. The van der Waals surface area contributed by atoms with E-state index in [2.05, 4.69) is 10.3 Å². The monoisotopic (exact) mass is 301 g/mol. The lowest BCUT2D eigenvalue weighted by atomic mass is 9.88. The van der Waals surface area contributed by atoms with Gasteiger partial charge in [-0.15, -0.1) is 11.3 Å². The fourth-order valence-corrected chi connectivity index (χ4v) is 3.15. The molecular weight excluding hydrogens is 286 g/mol. The van der Waals surface area contributed by atoms with Gasteiger partial charge in [-0.25, -0.2) is 0 Å². The molecule has 0 bridgehead atoms. The zero-order chi connectivity index (χ0) is 14.9. The highest BCUT2D eigenvalue weighted by Gasteiger charge is 2.44. The number of carbonyl (C=O) groups is 2. The van der Waals surface area contributed by atoms with Crippen molar-refractivity contribution >= 4 is 23.2 Å². The number of nitrogens with one attached hydrogen (secondary N) is 1. The number of benzene rings is 1. The molecule has 21 heavy (non-hydrogen) atoms. The largest absolute Gasteiger partial charge is 0.337 e. The van der Waals surface area contributed by atoms with Gasteiger partial charge in [0.1, 0.15) is 12.1 Å². The fourth-order valence-electron chi connectivity index (χ4n) is 2.54. The molecule has 3 rings (SSSR count). The average molecular weight is 301 g/mol. The summed E-state index contributed by atoms with van der Waals surface area (Å²) in [6.45, 7) is 2.25. The number of carbonyl (C=O) groups excluding carboxylic acids is 2. The Morgan fingerprint density at radius 1 is 1.33 bits per heavy atom. The number of thiazole rings is 1. The van der Waals surface area contributed by atoms with Crippen LogP contribution >= 0.6 is 11.3 Å². The summed E-state index contributed by atoms with van der Waals surface area (Å²) in [5.74, 6) is -0.243. The standard InChI is InChI=1S/C15H15N3O2S/c1-15(11-5-3-2-4-6-11)14(20)18(9-13(19)17-15)8-12-7-16-10-21-12/h2-7,10H,8-9H2,1H3,(H,17,19). The van der Waals surface area contributed by atoms with E-state index >= 15 is 0 Å². The summed E-state index contributed by atoms with van der Waals surface area (Å²) in [6.07, 6.45) is 1.73. The lowest BCUT2D eigenvalue weighted by Crippen LogP contribution is -2.62. The van der Waals surface area contributed by atoms with Crippen molar-refractivity contribution in [2.45, 2.75) is 19.0 Å². The van der Waals surface area contributed by atoms with Crippen LogP contribution in [-0.2, 0) is 21.7 Å². The van der Waals surface area contributed by atoms with Gasteiger partial charge >= 0.3 is 0 Å². The van der Waals surface area contributed by atoms with Crippen LogP contribution in [0.5, 0.6) is 0 Å². The Labute approximate surface area is 126 Å². The molecule has 0 radical (unpaired) electrons. The van der Waals surface area contributed by atoms with E-state index in [1.807, 2.05) is 30.3 Å². The molecule has 6 heteroatoms. The zero-order valence-corrected chi connectivity index (χ0v) is 12.4. The molecule has 0 spiro atoms. The van der Waals surface area contributed by atoms with E-state index in [1.165, 1.54) is 11.3 Å². The lowest BCUT2D eigenvalue weighted by molar-refractivity contribution is -0.150. The number of aromatic nitrogens is 1. The molecule has 0 aliphatic carbocycles. The lowest BCUT2D eigenvalue weighted by Gasteiger charge is -2.39. The van der Waals surface area contributed by atoms with Crippen LogP contribution in [0.2, 0.25) is 0 Å². The predicted octanol–water partition coefficient (Wildman–Crippen LogP) is 1.52. The van der Waals surface area contributed by atoms with E-state index < -0.39 is 5.54 Å². The molecule has 2 aromatic rings. The third-order valence-electron chi connectivity index (χ3n) is 3.62. The minimum absolute atomic E-state index is 0.0825. The zero-order valence-electron chi connectivity index (χ0n) is 11.6. The van der Waals surface area contributed by atoms with E-state index in [-0.39, 0.29) is 18.4 Å². The van der Waals surface area contributed by atoms with Crippen LogP contribution in [0.3, 0.4) is 0 Å². The van der Waals surface area contributed by atoms with Gasteiger partial charge in [-0.1, -0.05) is 30.3 Å². The summed E-state index contributed by atoms with van der Waals surface area (Å²) < 4.78 is 0. The van der Waals surface area contributed by atoms with Gasteiger partial charge in [-0.3, -0.25) is 14.6 Å². The molecule has 1 saturated heterocycles. The van der Waals surface area contributed by atoms with Crippen LogP contribution in [0.25, 0.3) is 0 Å². The number of piperazine rings is 1. The third kappa shape index (κ3) is 2.54. The summed E-state index contributed by atoms with van der Waals surface area (Å²) in [5.41, 5.74) is 1.50. The second-order valence-corrected chi connectivity index (χ2v) is 6.14. The molecule has 2 amide bonds. The summed E-state index contributed by atoms with van der Waals surface area (Å²) in [6, 6.07) is 9.32. The van der Waals surface area contributed by atoms with Crippen molar-refractivity contribution in [2.75, 3.05) is 6.54 Å². The van der Waals surface area contributed by atoms with E-state index in [1.54, 1.807) is 23.5 Å². The molecule has 1 atom stereocenters. The Bertz CT molecular complexity index is 657. The highest BCUT2D eigenvalue weighted by molar-refractivity contribution is 7.09. The minimum Gasteiger partial charge on any atom is -0.337 e. The summed E-state index contributed by atoms with van der Waals surface area (Å²) in [5, 5.41) is 2.83. The third-order valence-corrected chi connectivity index (χ3v) is 4.38. The van der Waals surface area contributed by atoms with Gasteiger partial charge in [-0.05, 0) is 12.5 Å². The summed E-state index contributed by atoms with van der Waals surface area (Å²) >= 11 is 1.48. The smallest absolute Gasteiger partial charge is 0.253 e. The Kier molecular flexibility index (Phi) is 3.47. The Balaban J connectivity index is 1.91. The van der Waals surface area contributed by atoms with Crippen molar-refractivity contribution in [3.05, 3.63) is 52.5 Å². The Morgan fingerprint density at radius 3 is 2.76 bits per heavy atom. The first kappa shape index (κ1) is 13.8. The topological polar surface area (TPSA) is 62.3 Å². The maximum atomic E-state index is 12.8. The maximum Gasteiger partial charge on any atom is 0.253 e. The highest BCUT2D eigenvalue weighted by atomic mass is 32.1. The number of amides is 2. The Morgan fingerprint density at radius 2 is 2.10 bits per heavy atom. The molecule has 1 fully saturated rings. The van der Waals surface area contributed by atoms with E-state index in [0.717, 1.165) is 10.4 Å². The SMILES string of the molecule is CC1(c2ccccc2)NC(=O)CN(Cc2cncs2)C1=O. The van der Waals surface area contributed by atoms with E-state index in [4.69, 9.17) is 0 Å². The van der Waals surface area contributed by atoms with Crippen molar-refractivity contribution < 1.29 is 9.59 Å². The average Bonchev–Trinajstić information content (AvgIpc) is 2.98. The van der Waals surface area contributed by atoms with Gasteiger partial charge in [0, 0.05) is 11.1 Å². The Hall–Kier alpha value is -2.21. The van der Waals surface area contributed by atoms with Crippen molar-refractivity contribution in [3.8, 4) is 0 Å². The van der Waals surface area contributed by atoms with Gasteiger partial charge in [-0.2, -0.15) is 0 Å². The first-order valence-electron chi connectivity index (χ1n) is 6.63. The van der Waals surface area contributed by atoms with Crippen LogP contribution in [-0.4, -0.2) is 28.2 Å². The molecule has 1 aliphatic heterocycles. The van der Waals surface area contributed by atoms with Crippen molar-refractivity contribution in [1.29, 1.82) is 0 Å². The van der Waals surface area contributed by atoms with Crippen molar-refractivity contribution in [1.82, 2.24) is 15.2 Å². The van der Waals surface area contributed by atoms with Crippen LogP contribution in [0, 0.1) is 0 Å². The van der Waals surface area contributed by atoms with E-state index in [0.29, 0.717) is 6.54 Å². The molecule has 0 saturated carbocycles. The molecule has 108 valence electrons. The van der Waals surface area contributed by atoms with Gasteiger partial charge in [0.15, 0.2) is 0 Å².